The molecular weight excluding hydrogens is 702 g/mol. The quantitative estimate of drug-likeness (QED) is 0.339. The number of ether oxygens (including phenoxy) is 2. The van der Waals surface area contributed by atoms with Crippen LogP contribution >= 0.6 is 27.5 Å². The lowest BCUT2D eigenvalue weighted by Gasteiger charge is -2.40. The summed E-state index contributed by atoms with van der Waals surface area (Å²) in [5.74, 6) is -4.13. The van der Waals surface area contributed by atoms with E-state index < -0.39 is 72.0 Å². The standard InChI is InChI=1S/C36H39BrClN3O7/c1-20(2)26(18-42)41-32-35(46)40(30-21(3)11-10-14-24(30)38)16-9-5-8-15-27(43)47-19-25(22-12-6-4-7-13-22)39-33(44)28-29(34(41)45)36(32)17-23(37)31(28)48-36/h4-7,9-14,17,20,25-26,28-29,31-32,42H,8,15-16,18-19H2,1-3H3,(H,39,44)/b9-5-/t25-,26-,28-,29+,31-,32-,36+/m0/s1. The predicted molar refractivity (Wildman–Crippen MR) is 183 cm³/mol. The average Bonchev–Trinajstić information content (AvgIpc) is 3.65. The molecule has 12 heteroatoms. The number of esters is 1. The Balaban J connectivity index is 1.51. The monoisotopic (exact) mass is 739 g/mol. The van der Waals surface area contributed by atoms with E-state index in [-0.39, 0.29) is 25.5 Å². The minimum atomic E-state index is -1.51. The van der Waals surface area contributed by atoms with Gasteiger partial charge in [0.2, 0.25) is 11.8 Å². The maximum atomic E-state index is 15.2. The molecule has 4 aliphatic rings. The molecule has 2 saturated heterocycles. The maximum absolute atomic E-state index is 15.2. The number of carbonyl (C=O) groups excluding carboxylic acids is 4. The Morgan fingerprint density at radius 3 is 2.50 bits per heavy atom. The summed E-state index contributed by atoms with van der Waals surface area (Å²) in [7, 11) is 0. The van der Waals surface area contributed by atoms with Crippen molar-refractivity contribution >= 4 is 56.9 Å². The summed E-state index contributed by atoms with van der Waals surface area (Å²) in [5.41, 5.74) is 0.424. The Hall–Kier alpha value is -3.51. The van der Waals surface area contributed by atoms with Gasteiger partial charge in [-0.1, -0.05) is 96.0 Å². The third kappa shape index (κ3) is 5.88. The number of likely N-dealkylation sites (tertiary alicyclic amines) is 1. The highest BCUT2D eigenvalue weighted by atomic mass is 79.9. The van der Waals surface area contributed by atoms with Crippen LogP contribution < -0.4 is 10.2 Å². The Morgan fingerprint density at radius 2 is 1.81 bits per heavy atom. The predicted octanol–water partition coefficient (Wildman–Crippen LogP) is 4.62. The second-order valence-corrected chi connectivity index (χ2v) is 14.4. The van der Waals surface area contributed by atoms with Gasteiger partial charge in [-0.3, -0.25) is 19.2 Å². The minimum absolute atomic E-state index is 0.0809. The molecule has 4 aliphatic heterocycles. The van der Waals surface area contributed by atoms with Crippen LogP contribution in [0.3, 0.4) is 0 Å². The highest BCUT2D eigenvalue weighted by Crippen LogP contribution is 2.59. The normalized spacial score (nSPS) is 30.6. The van der Waals surface area contributed by atoms with Crippen molar-refractivity contribution in [2.75, 3.05) is 24.7 Å². The largest absolute Gasteiger partial charge is 0.463 e. The van der Waals surface area contributed by atoms with Crippen LogP contribution in [0.2, 0.25) is 5.02 Å². The summed E-state index contributed by atoms with van der Waals surface area (Å²) in [5, 5.41) is 14.0. The van der Waals surface area contributed by atoms with Crippen LogP contribution in [0.15, 0.2) is 71.2 Å². The van der Waals surface area contributed by atoms with E-state index in [0.29, 0.717) is 21.6 Å². The molecule has 0 aromatic heterocycles. The Kier molecular flexibility index (Phi) is 9.86. The summed E-state index contributed by atoms with van der Waals surface area (Å²) < 4.78 is 12.8. The van der Waals surface area contributed by atoms with Crippen molar-refractivity contribution in [3.05, 3.63) is 87.4 Å². The number of hydrogen-bond acceptors (Lipinski definition) is 7. The lowest BCUT2D eigenvalue weighted by molar-refractivity contribution is -0.147. The van der Waals surface area contributed by atoms with Gasteiger partial charge in [0.25, 0.3) is 5.91 Å². The van der Waals surface area contributed by atoms with Gasteiger partial charge < -0.3 is 29.7 Å². The second-order valence-electron chi connectivity index (χ2n) is 13.1. The van der Waals surface area contributed by atoms with Gasteiger partial charge in [0.1, 0.15) is 24.4 Å². The summed E-state index contributed by atoms with van der Waals surface area (Å²) in [4.78, 5) is 60.0. The molecule has 2 aromatic rings. The van der Waals surface area contributed by atoms with Crippen molar-refractivity contribution in [2.45, 2.75) is 63.4 Å². The molecule has 0 aliphatic carbocycles. The van der Waals surface area contributed by atoms with Crippen LogP contribution in [0.1, 0.15) is 43.9 Å². The lowest BCUT2D eigenvalue weighted by atomic mass is 9.74. The number of cyclic esters (lactones) is 1. The fourth-order valence-electron chi connectivity index (χ4n) is 7.54. The number of benzene rings is 2. The number of amides is 3. The number of nitrogens with zero attached hydrogens (tertiary/aromatic N) is 2. The van der Waals surface area contributed by atoms with Crippen LogP contribution in [-0.4, -0.2) is 77.2 Å². The zero-order valence-corrected chi connectivity index (χ0v) is 29.3. The topological polar surface area (TPSA) is 125 Å². The Morgan fingerprint density at radius 1 is 1.06 bits per heavy atom. The zero-order chi connectivity index (χ0) is 34.3. The SMILES string of the molecule is Cc1cccc(Cl)c1N1C/C=C\CCC(=O)OC[C@@H](c2ccccc2)NC(=O)[C@@H]2[C@H]3O[C@@]4(C=C3Br)[C@H](C1=O)N([C@@H](CO)C(C)C)C(=O)[C@@H]24. The number of aliphatic hydroxyl groups excluding tert-OH is 1. The minimum Gasteiger partial charge on any atom is -0.463 e. The van der Waals surface area contributed by atoms with E-state index >= 15 is 4.79 Å². The number of rotatable bonds is 5. The summed E-state index contributed by atoms with van der Waals surface area (Å²) >= 11 is 10.3. The van der Waals surface area contributed by atoms with E-state index in [4.69, 9.17) is 21.1 Å². The number of fused-ring (bicyclic) bond motifs is 2. The van der Waals surface area contributed by atoms with Crippen LogP contribution in [0.25, 0.3) is 0 Å². The molecule has 1 spiro atoms. The van der Waals surface area contributed by atoms with Crippen LogP contribution in [0.5, 0.6) is 0 Å². The number of aryl methyl sites for hydroxylation is 1. The van der Waals surface area contributed by atoms with Crippen LogP contribution in [0.4, 0.5) is 5.69 Å². The number of para-hydroxylation sites is 1. The number of anilines is 1. The van der Waals surface area contributed by atoms with E-state index in [1.807, 2.05) is 57.2 Å². The number of nitrogens with one attached hydrogen (secondary N) is 1. The smallest absolute Gasteiger partial charge is 0.306 e. The molecule has 6 rings (SSSR count). The second kappa shape index (κ2) is 13.8. The van der Waals surface area contributed by atoms with Crippen molar-refractivity contribution in [2.24, 2.45) is 17.8 Å². The average molecular weight is 741 g/mol. The van der Waals surface area contributed by atoms with Crippen LogP contribution in [-0.2, 0) is 28.7 Å². The van der Waals surface area contributed by atoms with Crippen molar-refractivity contribution in [3.63, 3.8) is 0 Å². The number of halogens is 2. The molecule has 0 saturated carbocycles. The fourth-order valence-corrected chi connectivity index (χ4v) is 8.60. The molecular formula is C36H39BrClN3O7. The van der Waals surface area contributed by atoms with Gasteiger partial charge in [0.05, 0.1) is 41.2 Å². The first-order valence-corrected chi connectivity index (χ1v) is 17.4. The molecule has 5 bridgehead atoms. The highest BCUT2D eigenvalue weighted by molar-refractivity contribution is 9.11. The Bertz CT molecular complexity index is 1650. The van der Waals surface area contributed by atoms with Crippen molar-refractivity contribution in [1.82, 2.24) is 10.2 Å². The molecule has 0 radical (unpaired) electrons. The molecule has 48 heavy (non-hydrogen) atoms. The molecule has 10 nitrogen and oxygen atoms in total. The van der Waals surface area contributed by atoms with E-state index in [2.05, 4.69) is 21.2 Å². The molecule has 2 N–H and O–H groups in total. The molecule has 4 heterocycles. The number of aliphatic hydroxyl groups is 1. The first-order valence-electron chi connectivity index (χ1n) is 16.2. The van der Waals surface area contributed by atoms with Gasteiger partial charge in [-0.15, -0.1) is 0 Å². The lowest BCUT2D eigenvalue weighted by Crippen LogP contribution is -2.59. The van der Waals surface area contributed by atoms with E-state index in [9.17, 15) is 19.5 Å². The molecule has 7 atom stereocenters. The number of hydrogen-bond donors (Lipinski definition) is 2. The third-order valence-corrected chi connectivity index (χ3v) is 10.8. The maximum Gasteiger partial charge on any atom is 0.306 e. The van der Waals surface area contributed by atoms with Gasteiger partial charge in [0, 0.05) is 17.4 Å². The zero-order valence-electron chi connectivity index (χ0n) is 27.0. The molecule has 2 aromatic carbocycles. The molecule has 2 fully saturated rings. The first-order chi connectivity index (χ1) is 23.0. The van der Waals surface area contributed by atoms with Crippen molar-refractivity contribution < 1.29 is 33.8 Å². The summed E-state index contributed by atoms with van der Waals surface area (Å²) in [6, 6.07) is 11.8. The van der Waals surface area contributed by atoms with Gasteiger partial charge >= 0.3 is 5.97 Å². The van der Waals surface area contributed by atoms with Crippen molar-refractivity contribution in [1.29, 1.82) is 0 Å². The van der Waals surface area contributed by atoms with E-state index in [1.54, 1.807) is 30.4 Å². The molecule has 254 valence electrons. The van der Waals surface area contributed by atoms with E-state index in [0.717, 1.165) is 11.1 Å². The van der Waals surface area contributed by atoms with Gasteiger partial charge in [0.15, 0.2) is 0 Å². The number of carbonyl (C=O) groups is 4. The fraction of sp³-hybridized carbons (Fsp3) is 0.444. The van der Waals surface area contributed by atoms with Crippen molar-refractivity contribution in [3.8, 4) is 0 Å². The van der Waals surface area contributed by atoms with Crippen LogP contribution in [0, 0.1) is 24.7 Å². The first kappa shape index (κ1) is 34.4. The molecule has 0 unspecified atom stereocenters. The third-order valence-electron chi connectivity index (χ3n) is 9.84. The highest BCUT2D eigenvalue weighted by Gasteiger charge is 2.75. The number of allylic oxidation sites excluding steroid dienone is 1. The molecule has 3 amide bonds. The summed E-state index contributed by atoms with van der Waals surface area (Å²) in [6.45, 7) is 5.17. The van der Waals surface area contributed by atoms with Gasteiger partial charge in [-0.05, 0) is 42.5 Å². The van der Waals surface area contributed by atoms with Gasteiger partial charge in [-0.2, -0.15) is 0 Å². The summed E-state index contributed by atoms with van der Waals surface area (Å²) in [6.07, 6.45) is 4.95. The van der Waals surface area contributed by atoms with Gasteiger partial charge in [-0.25, -0.2) is 0 Å². The Labute approximate surface area is 293 Å². The van der Waals surface area contributed by atoms with E-state index in [1.165, 1.54) is 9.80 Å².